The predicted octanol–water partition coefficient (Wildman–Crippen LogP) is 2.68. The number of cyclic esters (lactones) is 1. The predicted molar refractivity (Wildman–Crippen MR) is 122 cm³/mol. The lowest BCUT2D eigenvalue weighted by Gasteiger charge is -2.15. The van der Waals surface area contributed by atoms with E-state index in [2.05, 4.69) is 26.7 Å². The third-order valence-corrected chi connectivity index (χ3v) is 7.00. The monoisotopic (exact) mass is 499 g/mol. The number of pyridine rings is 1. The molecular formula is C23H20ClF2N7O2. The molecule has 12 heteroatoms. The molecule has 35 heavy (non-hydrogen) atoms. The second-order valence-electron chi connectivity index (χ2n) is 8.83. The normalized spacial score (nSPS) is 26.6. The number of rotatable bonds is 5. The molecule has 9 nitrogen and oxygen atoms in total. The van der Waals surface area contributed by atoms with Gasteiger partial charge in [-0.25, -0.2) is 13.9 Å². The molecule has 2 aliphatic heterocycles. The van der Waals surface area contributed by atoms with Crippen LogP contribution in [0.1, 0.15) is 5.69 Å². The summed E-state index contributed by atoms with van der Waals surface area (Å²) in [5.41, 5.74) is 1.46. The second-order valence-corrected chi connectivity index (χ2v) is 8.83. The van der Waals surface area contributed by atoms with Crippen molar-refractivity contribution in [2.75, 3.05) is 24.5 Å². The number of fused-ring (bicyclic) bond motifs is 1. The molecule has 3 fully saturated rings. The van der Waals surface area contributed by atoms with Gasteiger partial charge in [0.25, 0.3) is 5.95 Å². The Labute approximate surface area is 205 Å². The minimum atomic E-state index is -0.721. The zero-order chi connectivity index (χ0) is 23.4. The van der Waals surface area contributed by atoms with Gasteiger partial charge in [-0.05, 0) is 24.3 Å². The number of amides is 1. The zero-order valence-corrected chi connectivity index (χ0v) is 19.1. The first kappa shape index (κ1) is 23.1. The SMILES string of the molecule is Cl.N#CC1(c2ccc(-c3ccc(N4C[C@H](Cn5cc(F)nn5)OC4=O)cc3F)cn2)C2CNCC21. The van der Waals surface area contributed by atoms with E-state index in [1.165, 1.54) is 15.6 Å². The minimum Gasteiger partial charge on any atom is -0.442 e. The van der Waals surface area contributed by atoms with Gasteiger partial charge in [0.1, 0.15) is 17.3 Å². The standard InChI is InChI=1S/C23H19F2N7O2.ClH/c24-19-5-14(32-10-15(34-22(32)33)9-31-11-21(25)29-30-31)2-3-16(19)13-1-4-20(28-6-13)23(12-26)17-7-27-8-18(17)23;/h1-6,11,15,17-18,27H,7-10H2;1H/t15-,17?,18?,23?;/m0./s1. The van der Waals surface area contributed by atoms with Crippen molar-refractivity contribution in [3.63, 3.8) is 0 Å². The Bertz CT molecular complexity index is 1320. The van der Waals surface area contributed by atoms with E-state index in [4.69, 9.17) is 4.74 Å². The van der Waals surface area contributed by atoms with Gasteiger partial charge in [-0.1, -0.05) is 16.4 Å². The number of aromatic nitrogens is 4. The van der Waals surface area contributed by atoms with Crippen molar-refractivity contribution in [1.82, 2.24) is 25.3 Å². The summed E-state index contributed by atoms with van der Waals surface area (Å²) in [6, 6.07) is 10.5. The van der Waals surface area contributed by atoms with E-state index in [1.54, 1.807) is 30.5 Å². The van der Waals surface area contributed by atoms with E-state index >= 15 is 4.39 Å². The molecule has 2 unspecified atom stereocenters. The largest absolute Gasteiger partial charge is 0.442 e. The molecule has 2 saturated heterocycles. The van der Waals surface area contributed by atoms with Crippen LogP contribution in [0.25, 0.3) is 11.1 Å². The van der Waals surface area contributed by atoms with Crippen molar-refractivity contribution in [3.05, 3.63) is 60.2 Å². The van der Waals surface area contributed by atoms with Gasteiger partial charge in [0, 0.05) is 42.2 Å². The average molecular weight is 500 g/mol. The van der Waals surface area contributed by atoms with Crippen LogP contribution in [0.3, 0.4) is 0 Å². The van der Waals surface area contributed by atoms with Crippen LogP contribution in [-0.4, -0.2) is 51.8 Å². The highest BCUT2D eigenvalue weighted by Crippen LogP contribution is 2.60. The highest BCUT2D eigenvalue weighted by atomic mass is 35.5. The number of hydrogen-bond acceptors (Lipinski definition) is 7. The maximum Gasteiger partial charge on any atom is 0.414 e. The summed E-state index contributed by atoms with van der Waals surface area (Å²) in [6.45, 7) is 1.93. The molecule has 0 spiro atoms. The van der Waals surface area contributed by atoms with E-state index < -0.39 is 29.4 Å². The number of nitrogens with zero attached hydrogens (tertiary/aromatic N) is 6. The van der Waals surface area contributed by atoms with Crippen molar-refractivity contribution in [1.29, 1.82) is 5.26 Å². The van der Waals surface area contributed by atoms with Gasteiger partial charge in [-0.15, -0.1) is 12.4 Å². The lowest BCUT2D eigenvalue weighted by molar-refractivity contribution is 0.129. The highest BCUT2D eigenvalue weighted by molar-refractivity contribution is 5.90. The number of benzene rings is 1. The maximum absolute atomic E-state index is 15.0. The smallest absolute Gasteiger partial charge is 0.414 e. The Morgan fingerprint density at radius 2 is 2.03 bits per heavy atom. The summed E-state index contributed by atoms with van der Waals surface area (Å²) < 4.78 is 34.6. The van der Waals surface area contributed by atoms with Crippen molar-refractivity contribution in [3.8, 4) is 17.2 Å². The van der Waals surface area contributed by atoms with Crippen LogP contribution < -0.4 is 10.2 Å². The number of ether oxygens (including phenoxy) is 1. The molecule has 1 aromatic carbocycles. The highest BCUT2D eigenvalue weighted by Gasteiger charge is 2.69. The number of nitrogens with one attached hydrogen (secondary N) is 1. The molecule has 0 radical (unpaired) electrons. The molecule has 2 aromatic heterocycles. The van der Waals surface area contributed by atoms with Gasteiger partial charge >= 0.3 is 6.09 Å². The molecule has 1 aliphatic carbocycles. The Morgan fingerprint density at radius 1 is 1.23 bits per heavy atom. The average Bonchev–Trinajstić information content (AvgIpc) is 3.29. The van der Waals surface area contributed by atoms with Gasteiger partial charge in [0.2, 0.25) is 0 Å². The first-order valence-electron chi connectivity index (χ1n) is 10.9. The summed E-state index contributed by atoms with van der Waals surface area (Å²) >= 11 is 0. The summed E-state index contributed by atoms with van der Waals surface area (Å²) in [5.74, 6) is -0.677. The summed E-state index contributed by atoms with van der Waals surface area (Å²) in [4.78, 5) is 18.1. The van der Waals surface area contributed by atoms with Gasteiger partial charge in [-0.2, -0.15) is 9.65 Å². The third kappa shape index (κ3) is 3.69. The first-order valence-corrected chi connectivity index (χ1v) is 10.9. The van der Waals surface area contributed by atoms with E-state index in [1.807, 2.05) is 0 Å². The number of halogens is 3. The molecule has 1 saturated carbocycles. The first-order chi connectivity index (χ1) is 16.5. The number of piperidine rings is 1. The molecule has 3 atom stereocenters. The number of hydrogen-bond donors (Lipinski definition) is 1. The Kier molecular flexibility index (Phi) is 5.65. The van der Waals surface area contributed by atoms with Crippen molar-refractivity contribution in [2.45, 2.75) is 18.1 Å². The fourth-order valence-corrected chi connectivity index (χ4v) is 5.25. The summed E-state index contributed by atoms with van der Waals surface area (Å²) in [7, 11) is 0. The maximum atomic E-state index is 15.0. The summed E-state index contributed by atoms with van der Waals surface area (Å²) in [6.07, 6.45) is 1.51. The Balaban J connectivity index is 0.00000253. The molecule has 4 heterocycles. The van der Waals surface area contributed by atoms with Gasteiger partial charge in [0.15, 0.2) is 0 Å². The van der Waals surface area contributed by atoms with Gasteiger partial charge < -0.3 is 10.1 Å². The minimum absolute atomic E-state index is 0. The molecular weight excluding hydrogens is 480 g/mol. The Hall–Kier alpha value is -3.62. The van der Waals surface area contributed by atoms with Gasteiger partial charge in [0.05, 0.1) is 36.7 Å². The zero-order valence-electron chi connectivity index (χ0n) is 18.3. The van der Waals surface area contributed by atoms with Crippen molar-refractivity contribution >= 4 is 24.2 Å². The summed E-state index contributed by atoms with van der Waals surface area (Å²) in [5, 5.41) is 19.9. The second kappa shape index (κ2) is 8.55. The van der Waals surface area contributed by atoms with Crippen LogP contribution in [0.4, 0.5) is 19.3 Å². The molecule has 180 valence electrons. The lowest BCUT2D eigenvalue weighted by Crippen LogP contribution is -2.26. The molecule has 1 amide bonds. The Morgan fingerprint density at radius 3 is 2.66 bits per heavy atom. The van der Waals surface area contributed by atoms with Crippen molar-refractivity contribution < 1.29 is 18.3 Å². The van der Waals surface area contributed by atoms with Crippen molar-refractivity contribution in [2.24, 2.45) is 11.8 Å². The van der Waals surface area contributed by atoms with Gasteiger partial charge in [-0.3, -0.25) is 9.88 Å². The fraction of sp³-hybridized carbons (Fsp3) is 0.348. The molecule has 3 aliphatic rings. The number of nitriles is 1. The molecule has 1 N–H and O–H groups in total. The van der Waals surface area contributed by atoms with E-state index in [0.717, 1.165) is 25.0 Å². The van der Waals surface area contributed by atoms with E-state index in [9.17, 15) is 14.4 Å². The van der Waals surface area contributed by atoms with Crippen LogP contribution in [0.15, 0.2) is 42.7 Å². The molecule has 6 rings (SSSR count). The fourth-order valence-electron chi connectivity index (χ4n) is 5.25. The van der Waals surface area contributed by atoms with Crippen LogP contribution in [-0.2, 0) is 16.7 Å². The van der Waals surface area contributed by atoms with Crippen LogP contribution in [0.2, 0.25) is 0 Å². The lowest BCUT2D eigenvalue weighted by atomic mass is 9.96. The third-order valence-electron chi connectivity index (χ3n) is 7.00. The number of anilines is 1. The number of carbonyl (C=O) groups excluding carboxylic acids is 1. The molecule has 0 bridgehead atoms. The van der Waals surface area contributed by atoms with E-state index in [-0.39, 0.29) is 37.3 Å². The topological polar surface area (TPSA) is 109 Å². The van der Waals surface area contributed by atoms with E-state index in [0.29, 0.717) is 16.8 Å². The van der Waals surface area contributed by atoms with Crippen LogP contribution >= 0.6 is 12.4 Å². The van der Waals surface area contributed by atoms with Crippen LogP contribution in [0, 0.1) is 34.9 Å². The van der Waals surface area contributed by atoms with Crippen LogP contribution in [0.5, 0.6) is 0 Å². The molecule has 3 aromatic rings. The quantitative estimate of drug-likeness (QED) is 0.575. The number of carbonyl (C=O) groups is 1.